The fraction of sp³-hybridized carbons (Fsp3) is 1.00. The molecule has 0 saturated carbocycles. The van der Waals surface area contributed by atoms with Crippen LogP contribution in [0.4, 0.5) is 0 Å². The highest BCUT2D eigenvalue weighted by Crippen LogP contribution is 2.33. The van der Waals surface area contributed by atoms with Crippen molar-refractivity contribution >= 4 is 0 Å². The molecule has 1 unspecified atom stereocenters. The zero-order valence-corrected chi connectivity index (χ0v) is 14.7. The minimum absolute atomic E-state index is 0.792. The van der Waals surface area contributed by atoms with Crippen molar-refractivity contribution in [1.82, 2.24) is 9.80 Å². The molecule has 2 heteroatoms. The Morgan fingerprint density at radius 2 is 1.38 bits per heavy atom. The van der Waals surface area contributed by atoms with Gasteiger partial charge in [0.25, 0.3) is 0 Å². The largest absolute Gasteiger partial charge is 0.288 e. The van der Waals surface area contributed by atoms with Gasteiger partial charge in [-0.05, 0) is 64.2 Å². The minimum atomic E-state index is 0.792. The summed E-state index contributed by atoms with van der Waals surface area (Å²) in [4.78, 5) is 5.65. The topological polar surface area (TPSA) is 6.48 Å². The molecule has 0 aromatic heterocycles. The Morgan fingerprint density at radius 3 is 1.81 bits per heavy atom. The van der Waals surface area contributed by atoms with Crippen molar-refractivity contribution in [2.75, 3.05) is 26.2 Å². The van der Waals surface area contributed by atoms with Crippen molar-refractivity contribution in [2.45, 2.75) is 90.6 Å². The number of rotatable bonds is 11. The van der Waals surface area contributed by atoms with Crippen LogP contribution in [0.3, 0.4) is 0 Å². The van der Waals surface area contributed by atoms with Crippen LogP contribution < -0.4 is 0 Å². The Morgan fingerprint density at radius 1 is 0.810 bits per heavy atom. The van der Waals surface area contributed by atoms with E-state index in [1.54, 1.807) is 0 Å². The second-order valence-electron chi connectivity index (χ2n) is 7.35. The molecule has 3 saturated heterocycles. The van der Waals surface area contributed by atoms with E-state index < -0.39 is 0 Å². The summed E-state index contributed by atoms with van der Waals surface area (Å²) >= 11 is 0. The van der Waals surface area contributed by atoms with Gasteiger partial charge in [-0.2, -0.15) is 0 Å². The molecule has 0 aliphatic carbocycles. The molecule has 0 N–H and O–H groups in total. The molecule has 124 valence electrons. The third kappa shape index (κ3) is 5.56. The average Bonchev–Trinajstić information content (AvgIpc) is 2.54. The lowest BCUT2D eigenvalue weighted by Gasteiger charge is -2.50. The van der Waals surface area contributed by atoms with Crippen LogP contribution in [0.5, 0.6) is 0 Å². The fourth-order valence-corrected chi connectivity index (χ4v) is 4.21. The fourth-order valence-electron chi connectivity index (χ4n) is 4.21. The first kappa shape index (κ1) is 17.3. The van der Waals surface area contributed by atoms with E-state index in [2.05, 4.69) is 23.6 Å². The first-order valence-corrected chi connectivity index (χ1v) is 9.83. The second-order valence-corrected chi connectivity index (χ2v) is 7.35. The van der Waals surface area contributed by atoms with E-state index in [0.717, 1.165) is 12.1 Å². The highest BCUT2D eigenvalue weighted by molar-refractivity contribution is 4.87. The number of unbranched alkanes of at least 4 members (excludes halogenated alkanes) is 6. The maximum Gasteiger partial charge on any atom is 0.0625 e. The number of fused-ring (bicyclic) bond motifs is 3. The van der Waals surface area contributed by atoms with E-state index in [1.807, 2.05) is 0 Å². The van der Waals surface area contributed by atoms with Gasteiger partial charge in [0.05, 0.1) is 6.17 Å². The van der Waals surface area contributed by atoms with Crippen LogP contribution in [0.15, 0.2) is 0 Å². The standard InChI is InChI=1S/C19H38N2/c1-3-5-7-9-13-20(14-10-8-6-4-2)19-17-18-11-15-21(19)16-12-18/h18-19H,3-17H2,1-2H3. The van der Waals surface area contributed by atoms with Crippen molar-refractivity contribution in [3.63, 3.8) is 0 Å². The quantitative estimate of drug-likeness (QED) is 0.501. The van der Waals surface area contributed by atoms with Crippen molar-refractivity contribution in [1.29, 1.82) is 0 Å². The summed E-state index contributed by atoms with van der Waals surface area (Å²) in [6.45, 7) is 10.1. The van der Waals surface area contributed by atoms with E-state index in [-0.39, 0.29) is 0 Å². The van der Waals surface area contributed by atoms with Crippen LogP contribution in [-0.2, 0) is 0 Å². The molecule has 21 heavy (non-hydrogen) atoms. The van der Waals surface area contributed by atoms with Crippen molar-refractivity contribution in [3.05, 3.63) is 0 Å². The minimum Gasteiger partial charge on any atom is -0.288 e. The van der Waals surface area contributed by atoms with Crippen LogP contribution in [0.1, 0.15) is 84.5 Å². The van der Waals surface area contributed by atoms with Gasteiger partial charge in [0.1, 0.15) is 0 Å². The van der Waals surface area contributed by atoms with Crippen molar-refractivity contribution in [3.8, 4) is 0 Å². The molecule has 2 bridgehead atoms. The van der Waals surface area contributed by atoms with E-state index in [4.69, 9.17) is 0 Å². The van der Waals surface area contributed by atoms with Gasteiger partial charge in [0, 0.05) is 0 Å². The molecule has 0 aromatic rings. The highest BCUT2D eigenvalue weighted by atomic mass is 15.4. The van der Waals surface area contributed by atoms with Crippen LogP contribution >= 0.6 is 0 Å². The second kappa shape index (κ2) is 9.84. The van der Waals surface area contributed by atoms with Gasteiger partial charge < -0.3 is 0 Å². The zero-order chi connectivity index (χ0) is 14.9. The summed E-state index contributed by atoms with van der Waals surface area (Å²) in [5, 5.41) is 0. The monoisotopic (exact) mass is 294 g/mol. The van der Waals surface area contributed by atoms with Crippen molar-refractivity contribution in [2.24, 2.45) is 5.92 Å². The van der Waals surface area contributed by atoms with Gasteiger partial charge in [-0.15, -0.1) is 0 Å². The molecule has 1 atom stereocenters. The SMILES string of the molecule is CCCCCCN(CCCCCC)C1CC2CCN1CC2. The first-order valence-electron chi connectivity index (χ1n) is 9.83. The maximum absolute atomic E-state index is 2.86. The molecule has 3 aliphatic rings. The Kier molecular flexibility index (Phi) is 8.10. The lowest BCUT2D eigenvalue weighted by Crippen LogP contribution is -2.57. The molecule has 0 spiro atoms. The first-order chi connectivity index (χ1) is 10.3. The van der Waals surface area contributed by atoms with E-state index in [1.165, 1.54) is 96.8 Å². The average molecular weight is 295 g/mol. The maximum atomic E-state index is 2.86. The summed E-state index contributed by atoms with van der Waals surface area (Å²) in [6.07, 6.45) is 16.4. The third-order valence-electron chi connectivity index (χ3n) is 5.63. The van der Waals surface area contributed by atoms with Gasteiger partial charge in [-0.3, -0.25) is 9.80 Å². The number of nitrogens with zero attached hydrogens (tertiary/aromatic N) is 2. The molecule has 3 heterocycles. The van der Waals surface area contributed by atoms with Crippen LogP contribution in [0.2, 0.25) is 0 Å². The molecule has 3 fully saturated rings. The smallest absolute Gasteiger partial charge is 0.0625 e. The molecule has 0 amide bonds. The lowest BCUT2D eigenvalue weighted by molar-refractivity contribution is -0.0450. The number of hydrogen-bond donors (Lipinski definition) is 0. The number of piperidine rings is 3. The van der Waals surface area contributed by atoms with E-state index in [0.29, 0.717) is 0 Å². The highest BCUT2D eigenvalue weighted by Gasteiger charge is 2.36. The van der Waals surface area contributed by atoms with Crippen LogP contribution in [0, 0.1) is 5.92 Å². The lowest BCUT2D eigenvalue weighted by atomic mass is 9.85. The zero-order valence-electron chi connectivity index (χ0n) is 14.7. The Labute approximate surface area is 133 Å². The number of hydrogen-bond acceptors (Lipinski definition) is 2. The summed E-state index contributed by atoms with van der Waals surface area (Å²) in [5.41, 5.74) is 0. The summed E-state index contributed by atoms with van der Waals surface area (Å²) < 4.78 is 0. The Hall–Kier alpha value is -0.0800. The molecule has 0 radical (unpaired) electrons. The van der Waals surface area contributed by atoms with Crippen LogP contribution in [0.25, 0.3) is 0 Å². The Balaban J connectivity index is 1.78. The van der Waals surface area contributed by atoms with Gasteiger partial charge >= 0.3 is 0 Å². The summed E-state index contributed by atoms with van der Waals surface area (Å²) in [5.74, 6) is 1.04. The van der Waals surface area contributed by atoms with Crippen molar-refractivity contribution < 1.29 is 0 Å². The Bertz CT molecular complexity index is 246. The molecule has 3 aliphatic heterocycles. The summed E-state index contributed by atoms with van der Waals surface area (Å²) in [6, 6.07) is 0. The molecule has 2 nitrogen and oxygen atoms in total. The molecule has 3 rings (SSSR count). The third-order valence-corrected chi connectivity index (χ3v) is 5.63. The predicted molar refractivity (Wildman–Crippen MR) is 92.6 cm³/mol. The van der Waals surface area contributed by atoms with Gasteiger partial charge in [-0.1, -0.05) is 52.4 Å². The van der Waals surface area contributed by atoms with Gasteiger partial charge in [0.2, 0.25) is 0 Å². The summed E-state index contributed by atoms with van der Waals surface area (Å²) in [7, 11) is 0. The van der Waals surface area contributed by atoms with E-state index >= 15 is 0 Å². The van der Waals surface area contributed by atoms with Gasteiger partial charge in [0.15, 0.2) is 0 Å². The normalized spacial score (nSPS) is 28.4. The van der Waals surface area contributed by atoms with Crippen LogP contribution in [-0.4, -0.2) is 42.1 Å². The molecule has 0 aromatic carbocycles. The predicted octanol–water partition coefficient (Wildman–Crippen LogP) is 4.89. The molecular weight excluding hydrogens is 256 g/mol. The van der Waals surface area contributed by atoms with Gasteiger partial charge in [-0.25, -0.2) is 0 Å². The molecular formula is C19H38N2. The van der Waals surface area contributed by atoms with E-state index in [9.17, 15) is 0 Å².